The molecule has 1 rings (SSSR count). The maximum absolute atomic E-state index is 12.9. The third kappa shape index (κ3) is 4.77. The van der Waals surface area contributed by atoms with Crippen LogP contribution in [-0.4, -0.2) is 6.54 Å². The minimum atomic E-state index is -0.306. The molecule has 1 unspecified atom stereocenters. The molecule has 0 fully saturated rings. The second-order valence-corrected chi connectivity index (χ2v) is 4.41. The highest BCUT2D eigenvalue weighted by Gasteiger charge is 2.09. The molecule has 0 aliphatic carbocycles. The van der Waals surface area contributed by atoms with Gasteiger partial charge in [0.1, 0.15) is 5.82 Å². The number of hydrogen-bond donors (Lipinski definition) is 1. The highest BCUT2D eigenvalue weighted by atomic mass is 35.5. The average Bonchev–Trinajstić information content (AvgIpc) is 2.28. The minimum absolute atomic E-state index is 0.119. The van der Waals surface area contributed by atoms with Crippen LogP contribution in [0.5, 0.6) is 0 Å². The Balaban J connectivity index is 2.42. The SMILES string of the molecule is C#CCCCCNC(C)c1ccc(F)cc1Cl. The number of terminal acetylenes is 1. The van der Waals surface area contributed by atoms with Gasteiger partial charge in [-0.3, -0.25) is 0 Å². The van der Waals surface area contributed by atoms with E-state index in [9.17, 15) is 4.39 Å². The van der Waals surface area contributed by atoms with E-state index in [2.05, 4.69) is 11.2 Å². The first-order chi connectivity index (χ1) is 8.15. The lowest BCUT2D eigenvalue weighted by atomic mass is 10.1. The zero-order valence-electron chi connectivity index (χ0n) is 9.97. The van der Waals surface area contributed by atoms with E-state index in [-0.39, 0.29) is 11.9 Å². The first-order valence-corrected chi connectivity index (χ1v) is 6.14. The number of halogens is 2. The molecule has 0 aliphatic heterocycles. The van der Waals surface area contributed by atoms with E-state index in [4.69, 9.17) is 18.0 Å². The monoisotopic (exact) mass is 253 g/mol. The summed E-state index contributed by atoms with van der Waals surface area (Å²) in [6.45, 7) is 2.90. The van der Waals surface area contributed by atoms with Crippen LogP contribution in [-0.2, 0) is 0 Å². The van der Waals surface area contributed by atoms with Crippen LogP contribution in [0.3, 0.4) is 0 Å². The van der Waals surface area contributed by atoms with E-state index in [0.717, 1.165) is 31.4 Å². The van der Waals surface area contributed by atoms with Crippen molar-refractivity contribution in [3.05, 3.63) is 34.6 Å². The molecular weight excluding hydrogens is 237 g/mol. The molecule has 0 bridgehead atoms. The Hall–Kier alpha value is -1.04. The summed E-state index contributed by atoms with van der Waals surface area (Å²) in [6, 6.07) is 4.61. The summed E-state index contributed by atoms with van der Waals surface area (Å²) in [6.07, 6.45) is 8.04. The lowest BCUT2D eigenvalue weighted by molar-refractivity contribution is 0.547. The van der Waals surface area contributed by atoms with Crippen LogP contribution in [0, 0.1) is 18.2 Å². The molecule has 92 valence electrons. The van der Waals surface area contributed by atoms with Gasteiger partial charge in [-0.15, -0.1) is 12.3 Å². The van der Waals surface area contributed by atoms with Crippen molar-refractivity contribution in [3.8, 4) is 12.3 Å². The van der Waals surface area contributed by atoms with Gasteiger partial charge in [0.05, 0.1) is 0 Å². The van der Waals surface area contributed by atoms with Crippen molar-refractivity contribution in [2.45, 2.75) is 32.2 Å². The molecule has 1 nitrogen and oxygen atoms in total. The van der Waals surface area contributed by atoms with Gasteiger partial charge in [-0.1, -0.05) is 17.7 Å². The number of hydrogen-bond acceptors (Lipinski definition) is 1. The number of unbranched alkanes of at least 4 members (excludes halogenated alkanes) is 2. The second-order valence-electron chi connectivity index (χ2n) is 4.00. The molecule has 1 aromatic rings. The zero-order valence-corrected chi connectivity index (χ0v) is 10.7. The van der Waals surface area contributed by atoms with Gasteiger partial charge in [0.25, 0.3) is 0 Å². The van der Waals surface area contributed by atoms with E-state index < -0.39 is 0 Å². The van der Waals surface area contributed by atoms with Gasteiger partial charge in [-0.25, -0.2) is 4.39 Å². The van der Waals surface area contributed by atoms with E-state index in [1.54, 1.807) is 6.07 Å². The maximum Gasteiger partial charge on any atom is 0.124 e. The van der Waals surface area contributed by atoms with Crippen molar-refractivity contribution in [2.24, 2.45) is 0 Å². The number of nitrogens with one attached hydrogen (secondary N) is 1. The first kappa shape index (κ1) is 14.0. The van der Waals surface area contributed by atoms with Crippen LogP contribution in [0.25, 0.3) is 0 Å². The van der Waals surface area contributed by atoms with Gasteiger partial charge in [-0.2, -0.15) is 0 Å². The highest BCUT2D eigenvalue weighted by Crippen LogP contribution is 2.23. The van der Waals surface area contributed by atoms with Gasteiger partial charge in [0.2, 0.25) is 0 Å². The molecule has 1 atom stereocenters. The smallest absolute Gasteiger partial charge is 0.124 e. The Kier molecular flexibility index (Phi) is 6.04. The molecule has 3 heteroatoms. The first-order valence-electron chi connectivity index (χ1n) is 5.77. The molecule has 0 saturated heterocycles. The summed E-state index contributed by atoms with van der Waals surface area (Å²) in [5.74, 6) is 2.31. The van der Waals surface area contributed by atoms with Crippen molar-refractivity contribution < 1.29 is 4.39 Å². The maximum atomic E-state index is 12.9. The topological polar surface area (TPSA) is 12.0 Å². The molecule has 0 amide bonds. The summed E-state index contributed by atoms with van der Waals surface area (Å²) in [5.41, 5.74) is 0.921. The average molecular weight is 254 g/mol. The third-order valence-electron chi connectivity index (χ3n) is 2.63. The Morgan fingerprint density at radius 1 is 1.47 bits per heavy atom. The van der Waals surface area contributed by atoms with Crippen LogP contribution < -0.4 is 5.32 Å². The molecule has 0 spiro atoms. The van der Waals surface area contributed by atoms with Gasteiger partial charge in [0, 0.05) is 17.5 Å². The van der Waals surface area contributed by atoms with Crippen molar-refractivity contribution in [2.75, 3.05) is 6.54 Å². The zero-order chi connectivity index (χ0) is 12.7. The van der Waals surface area contributed by atoms with Crippen molar-refractivity contribution in [1.82, 2.24) is 5.32 Å². The fourth-order valence-electron chi connectivity index (χ4n) is 1.63. The molecule has 0 aromatic heterocycles. The summed E-state index contributed by atoms with van der Waals surface area (Å²) in [7, 11) is 0. The molecule has 0 aliphatic rings. The summed E-state index contributed by atoms with van der Waals surface area (Å²) in [4.78, 5) is 0. The van der Waals surface area contributed by atoms with Crippen molar-refractivity contribution >= 4 is 11.6 Å². The highest BCUT2D eigenvalue weighted by molar-refractivity contribution is 6.31. The fraction of sp³-hybridized carbons (Fsp3) is 0.429. The molecular formula is C14H17ClFN. The fourth-order valence-corrected chi connectivity index (χ4v) is 1.96. The molecule has 17 heavy (non-hydrogen) atoms. The van der Waals surface area contributed by atoms with Gasteiger partial charge in [0.15, 0.2) is 0 Å². The molecule has 0 saturated carbocycles. The largest absolute Gasteiger partial charge is 0.310 e. The Morgan fingerprint density at radius 2 is 2.24 bits per heavy atom. The van der Waals surface area contributed by atoms with Crippen LogP contribution in [0.2, 0.25) is 5.02 Å². The summed E-state index contributed by atoms with van der Waals surface area (Å²) < 4.78 is 12.9. The Labute approximate surface area is 107 Å². The molecule has 1 N–H and O–H groups in total. The lowest BCUT2D eigenvalue weighted by Crippen LogP contribution is -2.20. The van der Waals surface area contributed by atoms with Crippen molar-refractivity contribution in [3.63, 3.8) is 0 Å². The van der Waals surface area contributed by atoms with E-state index >= 15 is 0 Å². The minimum Gasteiger partial charge on any atom is -0.310 e. The van der Waals surface area contributed by atoms with Gasteiger partial charge < -0.3 is 5.32 Å². The van der Waals surface area contributed by atoms with Gasteiger partial charge in [-0.05, 0) is 44.0 Å². The van der Waals surface area contributed by atoms with Crippen LogP contribution in [0.1, 0.15) is 37.8 Å². The van der Waals surface area contributed by atoms with Crippen LogP contribution in [0.4, 0.5) is 4.39 Å². The normalized spacial score (nSPS) is 12.1. The van der Waals surface area contributed by atoms with E-state index in [0.29, 0.717) is 5.02 Å². The molecule has 1 aromatic carbocycles. The van der Waals surface area contributed by atoms with Gasteiger partial charge >= 0.3 is 0 Å². The third-order valence-corrected chi connectivity index (χ3v) is 2.95. The summed E-state index contributed by atoms with van der Waals surface area (Å²) in [5, 5.41) is 3.81. The summed E-state index contributed by atoms with van der Waals surface area (Å²) >= 11 is 5.98. The Bertz CT molecular complexity index is 398. The predicted octanol–water partition coefficient (Wildman–Crippen LogP) is 3.93. The Morgan fingerprint density at radius 3 is 2.88 bits per heavy atom. The van der Waals surface area contributed by atoms with Crippen molar-refractivity contribution in [1.29, 1.82) is 0 Å². The predicted molar refractivity (Wildman–Crippen MR) is 70.5 cm³/mol. The second kappa shape index (κ2) is 7.32. The number of rotatable bonds is 6. The molecule has 0 heterocycles. The van der Waals surface area contributed by atoms with Crippen LogP contribution in [0.15, 0.2) is 18.2 Å². The molecule has 0 radical (unpaired) electrons. The van der Waals surface area contributed by atoms with E-state index in [1.807, 2.05) is 6.92 Å². The van der Waals surface area contributed by atoms with Crippen LogP contribution >= 0.6 is 11.6 Å². The van der Waals surface area contributed by atoms with E-state index in [1.165, 1.54) is 12.1 Å². The number of benzene rings is 1. The quantitative estimate of drug-likeness (QED) is 0.598. The lowest BCUT2D eigenvalue weighted by Gasteiger charge is -2.15. The standard InChI is InChI=1S/C14H17ClFN/c1-3-4-5-6-9-17-11(2)13-8-7-12(16)10-14(13)15/h1,7-8,10-11,17H,4-6,9H2,2H3.